The zero-order valence-corrected chi connectivity index (χ0v) is 17.0. The molecular formula is C21H25N5O3. The number of ether oxygens (including phenoxy) is 3. The van der Waals surface area contributed by atoms with E-state index in [1.165, 1.54) is 0 Å². The molecule has 1 unspecified atom stereocenters. The van der Waals surface area contributed by atoms with Crippen LogP contribution in [0.25, 0.3) is 10.8 Å². The summed E-state index contributed by atoms with van der Waals surface area (Å²) in [5, 5.41) is 10.5. The Morgan fingerprint density at radius 3 is 2.55 bits per heavy atom. The Labute approximate surface area is 169 Å². The zero-order chi connectivity index (χ0) is 20.2. The summed E-state index contributed by atoms with van der Waals surface area (Å²) in [4.78, 5) is 11.1. The lowest BCUT2D eigenvalue weighted by Gasteiger charge is -2.33. The minimum absolute atomic E-state index is 0.463. The Bertz CT molecular complexity index is 983. The van der Waals surface area contributed by atoms with Crippen LogP contribution in [0.3, 0.4) is 0 Å². The van der Waals surface area contributed by atoms with Gasteiger partial charge in [0.2, 0.25) is 5.75 Å². The molecule has 0 amide bonds. The Balaban J connectivity index is 1.69. The molecule has 3 heterocycles. The van der Waals surface area contributed by atoms with Gasteiger partial charge in [-0.2, -0.15) is 5.10 Å². The number of anilines is 1. The van der Waals surface area contributed by atoms with Crippen molar-refractivity contribution in [2.24, 2.45) is 5.92 Å². The maximum absolute atomic E-state index is 5.63. The fourth-order valence-corrected chi connectivity index (χ4v) is 4.04. The lowest BCUT2D eigenvalue weighted by molar-refractivity contribution is 0.327. The van der Waals surface area contributed by atoms with Gasteiger partial charge in [-0.05, 0) is 30.9 Å². The number of hydrogen-bond donors (Lipinski definition) is 0. The highest BCUT2D eigenvalue weighted by molar-refractivity contribution is 5.99. The quantitative estimate of drug-likeness (QED) is 0.630. The first-order chi connectivity index (χ1) is 14.2. The van der Waals surface area contributed by atoms with Crippen molar-refractivity contribution in [3.05, 3.63) is 36.5 Å². The van der Waals surface area contributed by atoms with Gasteiger partial charge in [-0.15, -0.1) is 5.10 Å². The van der Waals surface area contributed by atoms with Crippen LogP contribution in [-0.4, -0.2) is 54.6 Å². The lowest BCUT2D eigenvalue weighted by atomic mass is 9.94. The third-order valence-electron chi connectivity index (χ3n) is 5.36. The van der Waals surface area contributed by atoms with Crippen molar-refractivity contribution in [1.82, 2.24) is 20.2 Å². The molecule has 0 aliphatic carbocycles. The molecule has 4 rings (SSSR count). The highest BCUT2D eigenvalue weighted by Crippen LogP contribution is 2.45. The van der Waals surface area contributed by atoms with E-state index in [2.05, 4.69) is 25.1 Å². The molecule has 0 bridgehead atoms. The zero-order valence-electron chi connectivity index (χ0n) is 17.0. The highest BCUT2D eigenvalue weighted by atomic mass is 16.5. The van der Waals surface area contributed by atoms with E-state index in [1.54, 1.807) is 39.9 Å². The first-order valence-electron chi connectivity index (χ1n) is 9.70. The van der Waals surface area contributed by atoms with Crippen LogP contribution in [0.2, 0.25) is 0 Å². The summed E-state index contributed by atoms with van der Waals surface area (Å²) in [7, 11) is 4.84. The SMILES string of the molecule is COc1cc2c(N3CCCC(Cc4ncccn4)C3)nncc2c(OC)c1OC. The number of fused-ring (bicyclic) bond motifs is 1. The van der Waals surface area contributed by atoms with E-state index in [0.717, 1.165) is 54.8 Å². The van der Waals surface area contributed by atoms with Gasteiger partial charge in [-0.3, -0.25) is 0 Å². The maximum atomic E-state index is 5.63. The van der Waals surface area contributed by atoms with Crippen LogP contribution in [-0.2, 0) is 6.42 Å². The molecule has 0 N–H and O–H groups in total. The normalized spacial score (nSPS) is 16.7. The average molecular weight is 395 g/mol. The summed E-state index contributed by atoms with van der Waals surface area (Å²) >= 11 is 0. The van der Waals surface area contributed by atoms with E-state index in [9.17, 15) is 0 Å². The van der Waals surface area contributed by atoms with Gasteiger partial charge >= 0.3 is 0 Å². The van der Waals surface area contributed by atoms with E-state index in [0.29, 0.717) is 23.2 Å². The van der Waals surface area contributed by atoms with Crippen molar-refractivity contribution in [2.45, 2.75) is 19.3 Å². The van der Waals surface area contributed by atoms with Gasteiger partial charge in [0.05, 0.1) is 32.9 Å². The molecule has 29 heavy (non-hydrogen) atoms. The van der Waals surface area contributed by atoms with Crippen molar-refractivity contribution in [3.8, 4) is 17.2 Å². The summed E-state index contributed by atoms with van der Waals surface area (Å²) in [5.41, 5.74) is 0. The molecule has 1 aliphatic rings. The molecule has 2 aromatic heterocycles. The second-order valence-corrected chi connectivity index (χ2v) is 7.10. The van der Waals surface area contributed by atoms with E-state index < -0.39 is 0 Å². The molecule has 1 saturated heterocycles. The summed E-state index contributed by atoms with van der Waals surface area (Å²) in [6.45, 7) is 1.80. The number of piperidine rings is 1. The van der Waals surface area contributed by atoms with Crippen LogP contribution >= 0.6 is 0 Å². The van der Waals surface area contributed by atoms with Gasteiger partial charge in [0.25, 0.3) is 0 Å². The third-order valence-corrected chi connectivity index (χ3v) is 5.36. The van der Waals surface area contributed by atoms with Crippen molar-refractivity contribution in [2.75, 3.05) is 39.3 Å². The molecule has 1 aromatic carbocycles. The Morgan fingerprint density at radius 1 is 1.03 bits per heavy atom. The molecule has 0 radical (unpaired) electrons. The molecule has 1 fully saturated rings. The fraction of sp³-hybridized carbons (Fsp3) is 0.429. The molecule has 0 spiro atoms. The van der Waals surface area contributed by atoms with Crippen molar-refractivity contribution >= 4 is 16.6 Å². The number of rotatable bonds is 6. The summed E-state index contributed by atoms with van der Waals surface area (Å²) in [6.07, 6.45) is 8.39. The first kappa shape index (κ1) is 19.2. The van der Waals surface area contributed by atoms with Gasteiger partial charge < -0.3 is 19.1 Å². The number of benzene rings is 1. The first-order valence-corrected chi connectivity index (χ1v) is 9.70. The molecule has 3 aromatic rings. The minimum atomic E-state index is 0.463. The van der Waals surface area contributed by atoms with Crippen LogP contribution in [0.15, 0.2) is 30.7 Å². The minimum Gasteiger partial charge on any atom is -0.493 e. The Hall–Kier alpha value is -3.16. The lowest BCUT2D eigenvalue weighted by Crippen LogP contribution is -2.37. The second-order valence-electron chi connectivity index (χ2n) is 7.10. The molecule has 8 heteroatoms. The number of hydrogen-bond acceptors (Lipinski definition) is 8. The van der Waals surface area contributed by atoms with Crippen LogP contribution in [0.5, 0.6) is 17.2 Å². The smallest absolute Gasteiger partial charge is 0.204 e. The molecule has 1 atom stereocenters. The molecule has 8 nitrogen and oxygen atoms in total. The summed E-state index contributed by atoms with van der Waals surface area (Å²) in [6, 6.07) is 3.79. The predicted octanol–water partition coefficient (Wildman–Crippen LogP) is 2.90. The number of aromatic nitrogens is 4. The largest absolute Gasteiger partial charge is 0.493 e. The van der Waals surface area contributed by atoms with Crippen LogP contribution in [0.4, 0.5) is 5.82 Å². The van der Waals surface area contributed by atoms with E-state index >= 15 is 0 Å². The number of methoxy groups -OCH3 is 3. The molecule has 1 aliphatic heterocycles. The molecule has 152 valence electrons. The number of nitrogens with zero attached hydrogens (tertiary/aromatic N) is 5. The molecular weight excluding hydrogens is 370 g/mol. The van der Waals surface area contributed by atoms with Crippen LogP contribution in [0, 0.1) is 5.92 Å². The average Bonchev–Trinajstić information content (AvgIpc) is 2.78. The van der Waals surface area contributed by atoms with E-state index in [1.807, 2.05) is 12.1 Å². The predicted molar refractivity (Wildman–Crippen MR) is 110 cm³/mol. The standard InChI is InChI=1S/C21H25N5O3/c1-27-17-11-15-16(19(28-2)20(17)29-3)12-24-25-21(15)26-9-4-6-14(13-26)10-18-22-7-5-8-23-18/h5,7-8,11-12,14H,4,6,9-10,13H2,1-3H3. The summed E-state index contributed by atoms with van der Waals surface area (Å²) in [5.74, 6) is 3.95. The van der Waals surface area contributed by atoms with Crippen molar-refractivity contribution in [3.63, 3.8) is 0 Å². The Kier molecular flexibility index (Phi) is 5.59. The van der Waals surface area contributed by atoms with E-state index in [4.69, 9.17) is 14.2 Å². The second kappa shape index (κ2) is 8.46. The topological polar surface area (TPSA) is 82.5 Å². The van der Waals surface area contributed by atoms with Crippen LogP contribution < -0.4 is 19.1 Å². The van der Waals surface area contributed by atoms with Gasteiger partial charge in [-0.25, -0.2) is 9.97 Å². The van der Waals surface area contributed by atoms with Crippen LogP contribution in [0.1, 0.15) is 18.7 Å². The fourth-order valence-electron chi connectivity index (χ4n) is 4.04. The van der Waals surface area contributed by atoms with Gasteiger partial charge in [-0.1, -0.05) is 0 Å². The van der Waals surface area contributed by atoms with Gasteiger partial charge in [0.1, 0.15) is 5.82 Å². The summed E-state index contributed by atoms with van der Waals surface area (Å²) < 4.78 is 16.7. The van der Waals surface area contributed by atoms with Gasteiger partial charge in [0.15, 0.2) is 17.3 Å². The van der Waals surface area contributed by atoms with Crippen molar-refractivity contribution < 1.29 is 14.2 Å². The third kappa shape index (κ3) is 3.74. The van der Waals surface area contributed by atoms with Crippen molar-refractivity contribution in [1.29, 1.82) is 0 Å². The molecule has 0 saturated carbocycles. The Morgan fingerprint density at radius 2 is 1.83 bits per heavy atom. The van der Waals surface area contributed by atoms with Gasteiger partial charge in [0, 0.05) is 37.3 Å². The maximum Gasteiger partial charge on any atom is 0.204 e. The monoisotopic (exact) mass is 395 g/mol. The van der Waals surface area contributed by atoms with E-state index in [-0.39, 0.29) is 0 Å². The highest BCUT2D eigenvalue weighted by Gasteiger charge is 2.26.